The molecule has 1 fully saturated rings. The molecule has 76 valence electrons. The van der Waals surface area contributed by atoms with Crippen molar-refractivity contribution in [3.05, 3.63) is 0 Å². The summed E-state index contributed by atoms with van der Waals surface area (Å²) in [5.41, 5.74) is 0. The number of piperidine rings is 1. The predicted octanol–water partition coefficient (Wildman–Crippen LogP) is -1.01. The van der Waals surface area contributed by atoms with Crippen LogP contribution in [-0.4, -0.2) is 36.9 Å². The zero-order valence-corrected chi connectivity index (χ0v) is 7.83. The van der Waals surface area contributed by atoms with Crippen molar-refractivity contribution in [2.24, 2.45) is 11.1 Å². The van der Waals surface area contributed by atoms with Gasteiger partial charge in [0.15, 0.2) is 0 Å². The number of carbonyl (C=O) groups is 1. The molecule has 0 aliphatic carbocycles. The molecule has 0 aromatic rings. The highest BCUT2D eigenvalue weighted by Gasteiger charge is 2.30. The van der Waals surface area contributed by atoms with Crippen molar-refractivity contribution in [3.63, 3.8) is 0 Å². The Morgan fingerprint density at radius 3 is 2.62 bits per heavy atom. The molecule has 3 N–H and O–H groups in total. The van der Waals surface area contributed by atoms with Gasteiger partial charge < -0.3 is 5.11 Å². The fourth-order valence-corrected chi connectivity index (χ4v) is 2.15. The van der Waals surface area contributed by atoms with Crippen molar-refractivity contribution in [2.75, 3.05) is 13.1 Å². The fourth-order valence-electron chi connectivity index (χ4n) is 1.38. The van der Waals surface area contributed by atoms with E-state index in [-0.39, 0.29) is 6.54 Å². The molecule has 0 aromatic heterocycles. The maximum Gasteiger partial charge on any atom is 0.307 e. The lowest BCUT2D eigenvalue weighted by Gasteiger charge is -2.27. The molecular formula is C6H12N2O4S. The minimum absolute atomic E-state index is 0.00579. The molecule has 1 rings (SSSR count). The standard InChI is InChI=1S/C6H12N2O4S/c7-13(11,12)8-3-1-2-5(4-8)6(9)10/h5H,1-4H2,(H,9,10)(H2,7,11,12)/t5-/m1/s1. The molecule has 6 nitrogen and oxygen atoms in total. The number of aliphatic carboxylic acids is 1. The van der Waals surface area contributed by atoms with Gasteiger partial charge in [-0.05, 0) is 12.8 Å². The highest BCUT2D eigenvalue weighted by atomic mass is 32.2. The molecule has 0 unspecified atom stereocenters. The maximum absolute atomic E-state index is 10.9. The van der Waals surface area contributed by atoms with Crippen LogP contribution in [0.4, 0.5) is 0 Å². The number of hydrogen-bond acceptors (Lipinski definition) is 3. The summed E-state index contributed by atoms with van der Waals surface area (Å²) in [4.78, 5) is 10.6. The Balaban J connectivity index is 2.67. The van der Waals surface area contributed by atoms with Gasteiger partial charge in [0, 0.05) is 13.1 Å². The van der Waals surface area contributed by atoms with Gasteiger partial charge in [-0.15, -0.1) is 0 Å². The van der Waals surface area contributed by atoms with Gasteiger partial charge in [-0.2, -0.15) is 12.7 Å². The third kappa shape index (κ3) is 2.64. The van der Waals surface area contributed by atoms with Crippen molar-refractivity contribution in [1.82, 2.24) is 4.31 Å². The summed E-state index contributed by atoms with van der Waals surface area (Å²) in [6.07, 6.45) is 1.06. The maximum atomic E-state index is 10.9. The molecule has 7 heteroatoms. The smallest absolute Gasteiger partial charge is 0.307 e. The first-order chi connectivity index (χ1) is 5.91. The highest BCUT2D eigenvalue weighted by Crippen LogP contribution is 2.17. The van der Waals surface area contributed by atoms with Crippen molar-refractivity contribution in [2.45, 2.75) is 12.8 Å². The van der Waals surface area contributed by atoms with Crippen LogP contribution >= 0.6 is 0 Å². The van der Waals surface area contributed by atoms with Gasteiger partial charge in [-0.3, -0.25) is 4.79 Å². The van der Waals surface area contributed by atoms with Crippen LogP contribution in [0.1, 0.15) is 12.8 Å². The van der Waals surface area contributed by atoms with Crippen LogP contribution in [-0.2, 0) is 15.0 Å². The predicted molar refractivity (Wildman–Crippen MR) is 45.0 cm³/mol. The van der Waals surface area contributed by atoms with E-state index in [0.717, 1.165) is 4.31 Å². The minimum Gasteiger partial charge on any atom is -0.481 e. The number of carboxylic acid groups (broad SMARTS) is 1. The zero-order valence-electron chi connectivity index (χ0n) is 7.01. The molecular weight excluding hydrogens is 196 g/mol. The van der Waals surface area contributed by atoms with Gasteiger partial charge >= 0.3 is 5.97 Å². The Morgan fingerprint density at radius 1 is 1.54 bits per heavy atom. The largest absolute Gasteiger partial charge is 0.481 e. The highest BCUT2D eigenvalue weighted by molar-refractivity contribution is 7.86. The van der Waals surface area contributed by atoms with Gasteiger partial charge in [-0.1, -0.05) is 0 Å². The molecule has 1 aliphatic heterocycles. The van der Waals surface area contributed by atoms with Gasteiger partial charge in [0.25, 0.3) is 10.2 Å². The van der Waals surface area contributed by atoms with Gasteiger partial charge in [0.05, 0.1) is 5.92 Å². The Morgan fingerprint density at radius 2 is 2.15 bits per heavy atom. The third-order valence-electron chi connectivity index (χ3n) is 2.09. The second-order valence-electron chi connectivity index (χ2n) is 3.08. The average molecular weight is 208 g/mol. The second kappa shape index (κ2) is 3.60. The van der Waals surface area contributed by atoms with Gasteiger partial charge in [0.1, 0.15) is 0 Å². The fraction of sp³-hybridized carbons (Fsp3) is 0.833. The van der Waals surface area contributed by atoms with Crippen LogP contribution < -0.4 is 5.14 Å². The number of nitrogens with two attached hydrogens (primary N) is 1. The van der Waals surface area contributed by atoms with Crippen molar-refractivity contribution < 1.29 is 18.3 Å². The van der Waals surface area contributed by atoms with Crippen molar-refractivity contribution in [1.29, 1.82) is 0 Å². The normalized spacial score (nSPS) is 25.8. The third-order valence-corrected chi connectivity index (χ3v) is 3.14. The van der Waals surface area contributed by atoms with E-state index in [2.05, 4.69) is 0 Å². The molecule has 1 saturated heterocycles. The van der Waals surface area contributed by atoms with E-state index in [4.69, 9.17) is 10.2 Å². The monoisotopic (exact) mass is 208 g/mol. The van der Waals surface area contributed by atoms with E-state index in [1.54, 1.807) is 0 Å². The van der Waals surface area contributed by atoms with Gasteiger partial charge in [-0.25, -0.2) is 5.14 Å². The molecule has 0 bridgehead atoms. The minimum atomic E-state index is -3.72. The molecule has 1 aliphatic rings. The Kier molecular flexibility index (Phi) is 2.89. The van der Waals surface area contributed by atoms with Crippen LogP contribution in [0, 0.1) is 5.92 Å². The summed E-state index contributed by atoms with van der Waals surface area (Å²) < 4.78 is 22.7. The van der Waals surface area contributed by atoms with E-state index in [1.165, 1.54) is 0 Å². The lowest BCUT2D eigenvalue weighted by Crippen LogP contribution is -2.45. The van der Waals surface area contributed by atoms with Crippen LogP contribution in [0.2, 0.25) is 0 Å². The Bertz CT molecular complexity index is 300. The molecule has 0 saturated carbocycles. The summed E-state index contributed by atoms with van der Waals surface area (Å²) in [5, 5.41) is 13.5. The number of carboxylic acids is 1. The summed E-state index contributed by atoms with van der Waals surface area (Å²) in [6, 6.07) is 0. The molecule has 0 aromatic carbocycles. The summed E-state index contributed by atoms with van der Waals surface area (Å²) in [6.45, 7) is 0.316. The average Bonchev–Trinajstić information content (AvgIpc) is 2.03. The van der Waals surface area contributed by atoms with E-state index < -0.39 is 22.1 Å². The lowest BCUT2D eigenvalue weighted by molar-refractivity contribution is -0.142. The topological polar surface area (TPSA) is 101 Å². The van der Waals surface area contributed by atoms with Crippen LogP contribution in [0.25, 0.3) is 0 Å². The van der Waals surface area contributed by atoms with Gasteiger partial charge in [0.2, 0.25) is 0 Å². The van der Waals surface area contributed by atoms with Crippen molar-refractivity contribution >= 4 is 16.2 Å². The lowest BCUT2D eigenvalue weighted by atomic mass is 10.0. The molecule has 0 spiro atoms. The number of nitrogens with zero attached hydrogens (tertiary/aromatic N) is 1. The summed E-state index contributed by atoms with van der Waals surface area (Å²) in [7, 11) is -3.72. The zero-order chi connectivity index (χ0) is 10.1. The summed E-state index contributed by atoms with van der Waals surface area (Å²) >= 11 is 0. The summed E-state index contributed by atoms with van der Waals surface area (Å²) in [5.74, 6) is -1.58. The van der Waals surface area contributed by atoms with E-state index in [0.29, 0.717) is 19.4 Å². The molecule has 1 atom stereocenters. The molecule has 0 amide bonds. The van der Waals surface area contributed by atoms with Crippen LogP contribution in [0.15, 0.2) is 0 Å². The first kappa shape index (κ1) is 10.4. The first-order valence-corrected chi connectivity index (χ1v) is 5.42. The molecule has 13 heavy (non-hydrogen) atoms. The van der Waals surface area contributed by atoms with Crippen LogP contribution in [0.5, 0.6) is 0 Å². The van der Waals surface area contributed by atoms with E-state index >= 15 is 0 Å². The number of hydrogen-bond donors (Lipinski definition) is 2. The van der Waals surface area contributed by atoms with Crippen LogP contribution in [0.3, 0.4) is 0 Å². The quantitative estimate of drug-likeness (QED) is 0.607. The molecule has 1 heterocycles. The SMILES string of the molecule is NS(=O)(=O)N1CCC[C@@H](C(=O)O)C1. The van der Waals surface area contributed by atoms with E-state index in [9.17, 15) is 13.2 Å². The number of rotatable bonds is 2. The molecule has 0 radical (unpaired) electrons. The van der Waals surface area contributed by atoms with Crippen molar-refractivity contribution in [3.8, 4) is 0 Å². The Labute approximate surface area is 76.5 Å². The second-order valence-corrected chi connectivity index (χ2v) is 4.63. The van der Waals surface area contributed by atoms with E-state index in [1.807, 2.05) is 0 Å². The Hall–Kier alpha value is -0.660. The first-order valence-electron chi connectivity index (χ1n) is 3.92.